The number of aryl methyl sites for hydroxylation is 1. The first kappa shape index (κ1) is 25.2. The highest BCUT2D eigenvalue weighted by atomic mass is 16.3. The minimum Gasteiger partial charge on any atom is -0.394 e. The zero-order valence-electron chi connectivity index (χ0n) is 21.1. The normalized spacial score (nSPS) is 11.4. The Hall–Kier alpha value is -3.95. The lowest BCUT2D eigenvalue weighted by molar-refractivity contribution is 0.0869. The number of aliphatic hydroxyl groups is 1. The van der Waals surface area contributed by atoms with Gasteiger partial charge in [-0.1, -0.05) is 55.8 Å². The fourth-order valence-electron chi connectivity index (χ4n) is 4.24. The van der Waals surface area contributed by atoms with E-state index < -0.39 is 5.54 Å². The molecule has 0 aliphatic carbocycles. The number of hydrogen-bond acceptors (Lipinski definition) is 4. The van der Waals surface area contributed by atoms with Crippen LogP contribution in [0.15, 0.2) is 66.7 Å². The van der Waals surface area contributed by atoms with Crippen molar-refractivity contribution in [1.29, 1.82) is 5.26 Å². The van der Waals surface area contributed by atoms with Gasteiger partial charge >= 0.3 is 0 Å². The van der Waals surface area contributed by atoms with Crippen LogP contribution in [0.25, 0.3) is 22.2 Å². The van der Waals surface area contributed by atoms with Gasteiger partial charge in [0.2, 0.25) is 0 Å². The number of nitrogens with zero attached hydrogens (tertiary/aromatic N) is 3. The first-order chi connectivity index (χ1) is 17.3. The molecule has 2 N–H and O–H groups in total. The summed E-state index contributed by atoms with van der Waals surface area (Å²) in [5, 5.41) is 21.9. The van der Waals surface area contributed by atoms with E-state index in [1.807, 2.05) is 48.5 Å². The highest BCUT2D eigenvalue weighted by Gasteiger charge is 2.21. The number of aromatic nitrogens is 2. The van der Waals surface area contributed by atoms with Gasteiger partial charge in [-0.25, -0.2) is 4.98 Å². The number of fused-ring (bicyclic) bond motifs is 1. The van der Waals surface area contributed by atoms with Gasteiger partial charge in [-0.05, 0) is 61.2 Å². The van der Waals surface area contributed by atoms with Crippen LogP contribution in [0.5, 0.6) is 0 Å². The van der Waals surface area contributed by atoms with E-state index in [0.29, 0.717) is 17.7 Å². The number of benzene rings is 3. The molecular formula is C30H32N4O2. The Bertz CT molecular complexity index is 1410. The fourth-order valence-corrected chi connectivity index (χ4v) is 4.24. The highest BCUT2D eigenvalue weighted by Crippen LogP contribution is 2.25. The fraction of sp³-hybridized carbons (Fsp3) is 0.300. The zero-order chi connectivity index (χ0) is 25.7. The maximum absolute atomic E-state index is 12.9. The maximum Gasteiger partial charge on any atom is 0.251 e. The van der Waals surface area contributed by atoms with Crippen LogP contribution in [0.4, 0.5) is 0 Å². The van der Waals surface area contributed by atoms with Gasteiger partial charge in [0.15, 0.2) is 0 Å². The summed E-state index contributed by atoms with van der Waals surface area (Å²) in [5.74, 6) is 0.776. The van der Waals surface area contributed by atoms with Crippen LogP contribution in [0.1, 0.15) is 60.9 Å². The maximum atomic E-state index is 12.9. The Labute approximate surface area is 212 Å². The second-order valence-corrected chi connectivity index (χ2v) is 9.77. The van der Waals surface area contributed by atoms with E-state index in [2.05, 4.69) is 35.0 Å². The van der Waals surface area contributed by atoms with Crippen LogP contribution < -0.4 is 5.32 Å². The summed E-state index contributed by atoms with van der Waals surface area (Å²) in [6.45, 7) is 6.22. The van der Waals surface area contributed by atoms with Crippen LogP contribution >= 0.6 is 0 Å². The molecule has 0 fully saturated rings. The number of nitriles is 1. The minimum absolute atomic E-state index is 0.144. The summed E-state index contributed by atoms with van der Waals surface area (Å²) in [4.78, 5) is 17.7. The third-order valence-electron chi connectivity index (χ3n) is 6.34. The average Bonchev–Trinajstić information content (AvgIpc) is 3.23. The summed E-state index contributed by atoms with van der Waals surface area (Å²) in [6.07, 6.45) is 2.96. The zero-order valence-corrected chi connectivity index (χ0v) is 21.1. The molecule has 184 valence electrons. The Morgan fingerprint density at radius 1 is 1.11 bits per heavy atom. The molecule has 0 spiro atoms. The predicted molar refractivity (Wildman–Crippen MR) is 143 cm³/mol. The molecule has 0 aliphatic rings. The van der Waals surface area contributed by atoms with Crippen LogP contribution in [-0.2, 0) is 13.0 Å². The minimum atomic E-state index is -0.704. The van der Waals surface area contributed by atoms with Gasteiger partial charge in [0.1, 0.15) is 5.82 Å². The van der Waals surface area contributed by atoms with Gasteiger partial charge in [0, 0.05) is 18.5 Å². The summed E-state index contributed by atoms with van der Waals surface area (Å²) in [6, 6.07) is 23.7. The van der Waals surface area contributed by atoms with Gasteiger partial charge in [0.25, 0.3) is 5.91 Å². The van der Waals surface area contributed by atoms with E-state index in [4.69, 9.17) is 4.98 Å². The Morgan fingerprint density at radius 2 is 1.86 bits per heavy atom. The van der Waals surface area contributed by atoms with Gasteiger partial charge < -0.3 is 15.0 Å². The van der Waals surface area contributed by atoms with E-state index >= 15 is 0 Å². The second kappa shape index (κ2) is 10.8. The van der Waals surface area contributed by atoms with Crippen LogP contribution in [0.2, 0.25) is 0 Å². The summed E-state index contributed by atoms with van der Waals surface area (Å²) >= 11 is 0. The number of amides is 1. The lowest BCUT2D eigenvalue weighted by Crippen LogP contribution is -2.46. The summed E-state index contributed by atoms with van der Waals surface area (Å²) in [7, 11) is 0. The summed E-state index contributed by atoms with van der Waals surface area (Å²) < 4.78 is 2.19. The Morgan fingerprint density at radius 3 is 2.56 bits per heavy atom. The van der Waals surface area contributed by atoms with E-state index in [-0.39, 0.29) is 12.5 Å². The van der Waals surface area contributed by atoms with Crippen molar-refractivity contribution in [1.82, 2.24) is 14.9 Å². The number of rotatable bonds is 9. The average molecular weight is 481 g/mol. The van der Waals surface area contributed by atoms with Crippen LogP contribution in [0.3, 0.4) is 0 Å². The van der Waals surface area contributed by atoms with Crippen molar-refractivity contribution in [2.75, 3.05) is 6.61 Å². The van der Waals surface area contributed by atoms with Gasteiger partial charge in [-0.3, -0.25) is 4.79 Å². The van der Waals surface area contributed by atoms with E-state index in [1.165, 1.54) is 0 Å². The topological polar surface area (TPSA) is 90.9 Å². The molecule has 0 unspecified atom stereocenters. The Kier molecular flexibility index (Phi) is 7.52. The van der Waals surface area contributed by atoms with Crippen molar-refractivity contribution in [2.24, 2.45) is 0 Å². The summed E-state index contributed by atoms with van der Waals surface area (Å²) in [5.41, 5.74) is 5.30. The van der Waals surface area contributed by atoms with Crippen molar-refractivity contribution in [3.05, 3.63) is 89.2 Å². The molecule has 0 aliphatic heterocycles. The lowest BCUT2D eigenvalue weighted by atomic mass is 9.99. The first-order valence-electron chi connectivity index (χ1n) is 12.4. The smallest absolute Gasteiger partial charge is 0.251 e. The molecule has 36 heavy (non-hydrogen) atoms. The van der Waals surface area contributed by atoms with Gasteiger partial charge in [-0.2, -0.15) is 5.26 Å². The molecule has 4 rings (SSSR count). The van der Waals surface area contributed by atoms with Crippen molar-refractivity contribution in [2.45, 2.75) is 52.1 Å². The van der Waals surface area contributed by atoms with Crippen molar-refractivity contribution in [3.8, 4) is 17.2 Å². The third-order valence-corrected chi connectivity index (χ3v) is 6.34. The molecule has 1 amide bonds. The van der Waals surface area contributed by atoms with E-state index in [9.17, 15) is 15.2 Å². The second-order valence-electron chi connectivity index (χ2n) is 9.77. The monoisotopic (exact) mass is 480 g/mol. The van der Waals surface area contributed by atoms with Crippen molar-refractivity contribution < 1.29 is 9.90 Å². The SMILES string of the molecule is CCCCc1nc2ccc(C(=O)NC(C)(C)CO)cc2n1Cc1ccc(-c2ccccc2C#N)cc1. The molecule has 0 saturated heterocycles. The largest absolute Gasteiger partial charge is 0.394 e. The number of aliphatic hydroxyl groups excluding tert-OH is 1. The molecular weight excluding hydrogens is 448 g/mol. The molecule has 6 heteroatoms. The third kappa shape index (κ3) is 5.48. The number of nitrogens with one attached hydrogen (secondary N) is 1. The molecule has 0 atom stereocenters. The van der Waals surface area contributed by atoms with Crippen LogP contribution in [-0.4, -0.2) is 32.7 Å². The number of carbonyl (C=O) groups excluding carboxylic acids is 1. The molecule has 0 bridgehead atoms. The highest BCUT2D eigenvalue weighted by molar-refractivity contribution is 5.97. The number of unbranched alkanes of at least 4 members (excludes halogenated alkanes) is 1. The van der Waals surface area contributed by atoms with E-state index in [1.54, 1.807) is 19.9 Å². The molecule has 4 aromatic rings. The Balaban J connectivity index is 1.68. The molecule has 3 aromatic carbocycles. The number of imidazole rings is 1. The van der Waals surface area contributed by atoms with Gasteiger partial charge in [-0.15, -0.1) is 0 Å². The molecule has 0 radical (unpaired) electrons. The van der Waals surface area contributed by atoms with Crippen molar-refractivity contribution >= 4 is 16.9 Å². The van der Waals surface area contributed by atoms with E-state index in [0.717, 1.165) is 52.8 Å². The van der Waals surface area contributed by atoms with Crippen LogP contribution in [0, 0.1) is 11.3 Å². The van der Waals surface area contributed by atoms with Gasteiger partial charge in [0.05, 0.1) is 34.8 Å². The quantitative estimate of drug-likeness (QED) is 0.332. The molecule has 6 nitrogen and oxygen atoms in total. The first-order valence-corrected chi connectivity index (χ1v) is 12.4. The molecule has 1 heterocycles. The number of carbonyl (C=O) groups is 1. The van der Waals surface area contributed by atoms with Crippen molar-refractivity contribution in [3.63, 3.8) is 0 Å². The lowest BCUT2D eigenvalue weighted by Gasteiger charge is -2.23. The predicted octanol–water partition coefficient (Wildman–Crippen LogP) is 5.47. The number of hydrogen-bond donors (Lipinski definition) is 2. The molecule has 1 aromatic heterocycles. The molecule has 0 saturated carbocycles. The standard InChI is InChI=1S/C30H32N4O2/c1-4-5-10-28-32-26-16-15-23(29(36)33-30(2,3)20-35)17-27(26)34(28)19-21-11-13-22(14-12-21)25-9-7-6-8-24(25)18-31/h6-9,11-17,35H,4-5,10,19-20H2,1-3H3,(H,33,36).